The molecule has 19 heavy (non-hydrogen) atoms. The number of hydrogen-bond donors (Lipinski definition) is 2. The second-order valence-electron chi connectivity index (χ2n) is 5.15. The van der Waals surface area contributed by atoms with E-state index < -0.39 is 17.3 Å². The average molecular weight is 263 g/mol. The van der Waals surface area contributed by atoms with E-state index >= 15 is 0 Å². The maximum atomic E-state index is 11.8. The van der Waals surface area contributed by atoms with Crippen LogP contribution in [0.25, 0.3) is 0 Å². The largest absolute Gasteiger partial charge is 0.493 e. The Bertz CT molecular complexity index is 522. The molecule has 0 spiro atoms. The van der Waals surface area contributed by atoms with Crippen molar-refractivity contribution in [1.29, 1.82) is 0 Å². The zero-order chi connectivity index (χ0) is 14.0. The minimum Gasteiger partial charge on any atom is -0.493 e. The number of aliphatic carboxylic acids is 1. The lowest BCUT2D eigenvalue weighted by atomic mass is 9.92. The second-order valence-corrected chi connectivity index (χ2v) is 5.15. The fraction of sp³-hybridized carbons (Fsp3) is 0.429. The Balaban J connectivity index is 2.00. The van der Waals surface area contributed by atoms with E-state index in [1.54, 1.807) is 0 Å². The topological polar surface area (TPSA) is 75.6 Å². The van der Waals surface area contributed by atoms with Gasteiger partial charge >= 0.3 is 5.97 Å². The van der Waals surface area contributed by atoms with Crippen molar-refractivity contribution in [2.45, 2.75) is 26.8 Å². The maximum absolute atomic E-state index is 11.8. The molecule has 102 valence electrons. The molecule has 0 bridgehead atoms. The molecule has 0 saturated heterocycles. The van der Waals surface area contributed by atoms with Crippen LogP contribution < -0.4 is 10.1 Å². The highest BCUT2D eigenvalue weighted by Crippen LogP contribution is 2.26. The summed E-state index contributed by atoms with van der Waals surface area (Å²) in [5, 5.41) is 11.6. The van der Waals surface area contributed by atoms with Gasteiger partial charge in [0.2, 0.25) is 5.91 Å². The van der Waals surface area contributed by atoms with E-state index in [0.717, 1.165) is 23.3 Å². The number of ether oxygens (including phenoxy) is 1. The highest BCUT2D eigenvalue weighted by atomic mass is 16.5. The van der Waals surface area contributed by atoms with Gasteiger partial charge in [-0.1, -0.05) is 12.1 Å². The lowest BCUT2D eigenvalue weighted by Gasteiger charge is -2.18. The molecule has 1 aliphatic heterocycles. The van der Waals surface area contributed by atoms with Crippen LogP contribution >= 0.6 is 0 Å². The normalized spacial score (nSPS) is 13.6. The van der Waals surface area contributed by atoms with Gasteiger partial charge in [-0.3, -0.25) is 9.59 Å². The summed E-state index contributed by atoms with van der Waals surface area (Å²) in [5.41, 5.74) is 0.655. The highest BCUT2D eigenvalue weighted by Gasteiger charge is 2.35. The van der Waals surface area contributed by atoms with Gasteiger partial charge in [0.15, 0.2) is 0 Å². The predicted molar refractivity (Wildman–Crippen MR) is 68.9 cm³/mol. The van der Waals surface area contributed by atoms with Crippen LogP contribution in [-0.2, 0) is 22.6 Å². The number of carboxylic acid groups (broad SMARTS) is 1. The summed E-state index contributed by atoms with van der Waals surface area (Å²) in [7, 11) is 0. The summed E-state index contributed by atoms with van der Waals surface area (Å²) in [6, 6.07) is 5.74. The van der Waals surface area contributed by atoms with Gasteiger partial charge < -0.3 is 15.2 Å². The number of carboxylic acids is 1. The van der Waals surface area contributed by atoms with E-state index in [0.29, 0.717) is 13.2 Å². The summed E-state index contributed by atoms with van der Waals surface area (Å²) in [5.74, 6) is -0.731. The van der Waals surface area contributed by atoms with Crippen LogP contribution in [0.4, 0.5) is 0 Å². The van der Waals surface area contributed by atoms with Crippen LogP contribution in [-0.4, -0.2) is 23.6 Å². The van der Waals surface area contributed by atoms with Gasteiger partial charge in [-0.05, 0) is 31.0 Å². The van der Waals surface area contributed by atoms with Gasteiger partial charge in [0.1, 0.15) is 11.2 Å². The minimum absolute atomic E-state index is 0.322. The Kier molecular flexibility index (Phi) is 3.46. The Morgan fingerprint density at radius 1 is 1.42 bits per heavy atom. The molecule has 0 aromatic heterocycles. The molecule has 0 fully saturated rings. The number of rotatable bonds is 4. The molecular weight excluding hydrogens is 246 g/mol. The molecule has 2 N–H and O–H groups in total. The van der Waals surface area contributed by atoms with E-state index in [2.05, 4.69) is 5.32 Å². The zero-order valence-electron chi connectivity index (χ0n) is 11.0. The maximum Gasteiger partial charge on any atom is 0.318 e. The molecule has 1 heterocycles. The Hall–Kier alpha value is -2.04. The Morgan fingerprint density at radius 2 is 2.16 bits per heavy atom. The van der Waals surface area contributed by atoms with Crippen LogP contribution in [0, 0.1) is 5.41 Å². The van der Waals surface area contributed by atoms with Crippen molar-refractivity contribution in [1.82, 2.24) is 5.32 Å². The zero-order valence-corrected chi connectivity index (χ0v) is 11.0. The van der Waals surface area contributed by atoms with Crippen LogP contribution in [0.5, 0.6) is 5.75 Å². The second kappa shape index (κ2) is 4.91. The third-order valence-electron chi connectivity index (χ3n) is 3.31. The monoisotopic (exact) mass is 263 g/mol. The van der Waals surface area contributed by atoms with Crippen molar-refractivity contribution in [2.75, 3.05) is 6.61 Å². The van der Waals surface area contributed by atoms with Crippen LogP contribution in [0.3, 0.4) is 0 Å². The molecule has 1 aliphatic rings. The van der Waals surface area contributed by atoms with Gasteiger partial charge in [-0.2, -0.15) is 0 Å². The van der Waals surface area contributed by atoms with Crippen molar-refractivity contribution in [3.8, 4) is 5.75 Å². The SMILES string of the molecule is CC(C)(C(=O)O)C(=O)NCc1ccc2c(c1)CCO2. The summed E-state index contributed by atoms with van der Waals surface area (Å²) in [4.78, 5) is 22.7. The summed E-state index contributed by atoms with van der Waals surface area (Å²) in [6.45, 7) is 3.79. The summed E-state index contributed by atoms with van der Waals surface area (Å²) in [6.07, 6.45) is 0.873. The predicted octanol–water partition coefficient (Wildman–Crippen LogP) is 1.35. The van der Waals surface area contributed by atoms with Crippen molar-refractivity contribution in [3.63, 3.8) is 0 Å². The van der Waals surface area contributed by atoms with Crippen molar-refractivity contribution in [3.05, 3.63) is 29.3 Å². The molecule has 0 aliphatic carbocycles. The smallest absolute Gasteiger partial charge is 0.318 e. The first kappa shape index (κ1) is 13.4. The standard InChI is InChI=1S/C14H17NO4/c1-14(2,13(17)18)12(16)15-8-9-3-4-11-10(7-9)5-6-19-11/h3-4,7H,5-6,8H2,1-2H3,(H,15,16)(H,17,18). The number of hydrogen-bond acceptors (Lipinski definition) is 3. The number of carbonyl (C=O) groups is 2. The molecule has 1 aromatic carbocycles. The number of amides is 1. The van der Waals surface area contributed by atoms with Gasteiger partial charge in [0.05, 0.1) is 6.61 Å². The quantitative estimate of drug-likeness (QED) is 0.804. The van der Waals surface area contributed by atoms with Crippen LogP contribution in [0.2, 0.25) is 0 Å². The molecule has 0 atom stereocenters. The first-order chi connectivity index (χ1) is 8.91. The average Bonchev–Trinajstić information content (AvgIpc) is 2.82. The highest BCUT2D eigenvalue weighted by molar-refractivity contribution is 6.00. The minimum atomic E-state index is -1.42. The fourth-order valence-corrected chi connectivity index (χ4v) is 1.85. The lowest BCUT2D eigenvalue weighted by Crippen LogP contribution is -2.41. The number of benzene rings is 1. The fourth-order valence-electron chi connectivity index (χ4n) is 1.85. The number of fused-ring (bicyclic) bond motifs is 1. The van der Waals surface area contributed by atoms with Gasteiger partial charge in [0.25, 0.3) is 0 Å². The first-order valence-corrected chi connectivity index (χ1v) is 6.17. The van der Waals surface area contributed by atoms with E-state index in [1.807, 2.05) is 18.2 Å². The third-order valence-corrected chi connectivity index (χ3v) is 3.31. The molecule has 0 radical (unpaired) electrons. The first-order valence-electron chi connectivity index (χ1n) is 6.17. The van der Waals surface area contributed by atoms with Gasteiger partial charge in [0, 0.05) is 13.0 Å². The van der Waals surface area contributed by atoms with Gasteiger partial charge in [-0.15, -0.1) is 0 Å². The number of nitrogens with one attached hydrogen (secondary N) is 1. The Morgan fingerprint density at radius 3 is 2.84 bits per heavy atom. The van der Waals surface area contributed by atoms with E-state index in [-0.39, 0.29) is 0 Å². The van der Waals surface area contributed by atoms with E-state index in [4.69, 9.17) is 9.84 Å². The van der Waals surface area contributed by atoms with Crippen LogP contribution in [0.1, 0.15) is 25.0 Å². The van der Waals surface area contributed by atoms with E-state index in [1.165, 1.54) is 13.8 Å². The molecule has 0 unspecified atom stereocenters. The summed E-state index contributed by atoms with van der Waals surface area (Å²) >= 11 is 0. The molecule has 1 aromatic rings. The molecule has 5 heteroatoms. The van der Waals surface area contributed by atoms with Gasteiger partial charge in [-0.25, -0.2) is 0 Å². The molecule has 0 saturated carbocycles. The van der Waals surface area contributed by atoms with Crippen LogP contribution in [0.15, 0.2) is 18.2 Å². The Labute approximate surface area is 111 Å². The molecule has 5 nitrogen and oxygen atoms in total. The van der Waals surface area contributed by atoms with E-state index in [9.17, 15) is 9.59 Å². The summed E-state index contributed by atoms with van der Waals surface area (Å²) < 4.78 is 5.40. The lowest BCUT2D eigenvalue weighted by molar-refractivity contribution is -0.153. The molecule has 2 rings (SSSR count). The van der Waals surface area contributed by atoms with Crippen molar-refractivity contribution >= 4 is 11.9 Å². The molecular formula is C14H17NO4. The number of carbonyl (C=O) groups excluding carboxylic acids is 1. The van der Waals surface area contributed by atoms with Crippen molar-refractivity contribution < 1.29 is 19.4 Å². The molecule has 1 amide bonds. The third kappa shape index (κ3) is 2.70. The van der Waals surface area contributed by atoms with Crippen molar-refractivity contribution in [2.24, 2.45) is 5.41 Å².